The molecule has 0 atom stereocenters. The zero-order valence-corrected chi connectivity index (χ0v) is 8.65. The molecule has 1 heterocycles. The Labute approximate surface area is 95.5 Å². The summed E-state index contributed by atoms with van der Waals surface area (Å²) in [6, 6.07) is 2.88. The minimum atomic E-state index is -2.85. The molecule has 0 unspecified atom stereocenters. The van der Waals surface area contributed by atoms with Gasteiger partial charge in [-0.2, -0.15) is 5.26 Å². The lowest BCUT2D eigenvalue weighted by atomic mass is 10.1. The van der Waals surface area contributed by atoms with Crippen LogP contribution in [0.2, 0.25) is 0 Å². The Morgan fingerprint density at radius 2 is 2.29 bits per heavy atom. The van der Waals surface area contributed by atoms with Gasteiger partial charge in [0.25, 0.3) is 6.43 Å². The second-order valence-corrected chi connectivity index (χ2v) is 3.21. The van der Waals surface area contributed by atoms with Crippen LogP contribution in [0.4, 0.5) is 8.78 Å². The SMILES string of the molecule is N#Cc1cc(CN)c(C(F)F)nc1CC(=O)O. The monoisotopic (exact) mass is 241 g/mol. The van der Waals surface area contributed by atoms with Crippen LogP contribution in [0.25, 0.3) is 0 Å². The average molecular weight is 241 g/mol. The van der Waals surface area contributed by atoms with Gasteiger partial charge in [-0.3, -0.25) is 4.79 Å². The van der Waals surface area contributed by atoms with E-state index in [9.17, 15) is 13.6 Å². The van der Waals surface area contributed by atoms with E-state index in [0.717, 1.165) is 6.07 Å². The molecule has 0 aliphatic rings. The molecular formula is C10H9F2N3O2. The van der Waals surface area contributed by atoms with Crippen molar-refractivity contribution in [1.82, 2.24) is 4.98 Å². The summed E-state index contributed by atoms with van der Waals surface area (Å²) in [6.45, 7) is -0.186. The summed E-state index contributed by atoms with van der Waals surface area (Å²) >= 11 is 0. The first kappa shape index (κ1) is 13.0. The van der Waals surface area contributed by atoms with Crippen LogP contribution in [-0.2, 0) is 17.8 Å². The molecule has 0 aliphatic heterocycles. The number of carbonyl (C=O) groups is 1. The first-order valence-corrected chi connectivity index (χ1v) is 4.62. The van der Waals surface area contributed by atoms with Gasteiger partial charge >= 0.3 is 5.97 Å². The normalized spacial score (nSPS) is 10.3. The molecule has 0 aliphatic carbocycles. The van der Waals surface area contributed by atoms with Gasteiger partial charge < -0.3 is 10.8 Å². The van der Waals surface area contributed by atoms with Crippen molar-refractivity contribution < 1.29 is 18.7 Å². The molecule has 0 amide bonds. The van der Waals surface area contributed by atoms with Crippen LogP contribution in [0.15, 0.2) is 6.07 Å². The highest BCUT2D eigenvalue weighted by Crippen LogP contribution is 2.23. The molecule has 1 aromatic heterocycles. The summed E-state index contributed by atoms with van der Waals surface area (Å²) in [4.78, 5) is 14.0. The Balaban J connectivity index is 3.34. The van der Waals surface area contributed by atoms with E-state index in [1.165, 1.54) is 0 Å². The lowest BCUT2D eigenvalue weighted by molar-refractivity contribution is -0.136. The molecular weight excluding hydrogens is 232 g/mol. The van der Waals surface area contributed by atoms with Gasteiger partial charge in [-0.15, -0.1) is 0 Å². The molecule has 5 nitrogen and oxygen atoms in total. The summed E-state index contributed by atoms with van der Waals surface area (Å²) in [6.07, 6.45) is -3.43. The third kappa shape index (κ3) is 2.95. The minimum Gasteiger partial charge on any atom is -0.481 e. The van der Waals surface area contributed by atoms with Crippen LogP contribution in [0.5, 0.6) is 0 Å². The number of hydrogen-bond donors (Lipinski definition) is 2. The summed E-state index contributed by atoms with van der Waals surface area (Å²) in [5.74, 6) is -1.24. The first-order valence-electron chi connectivity index (χ1n) is 4.62. The standard InChI is InChI=1S/C10H9F2N3O2/c11-10(12)9-6(4-14)1-5(3-13)7(15-9)2-8(16)17/h1,10H,2,4,14H2,(H,16,17). The molecule has 0 bridgehead atoms. The minimum absolute atomic E-state index is 0.0442. The number of nitrogens with two attached hydrogens (primary N) is 1. The van der Waals surface area contributed by atoms with Crippen molar-refractivity contribution in [3.05, 3.63) is 28.6 Å². The quantitative estimate of drug-likeness (QED) is 0.818. The third-order valence-electron chi connectivity index (χ3n) is 2.08. The fourth-order valence-electron chi connectivity index (χ4n) is 1.34. The lowest BCUT2D eigenvalue weighted by Crippen LogP contribution is -2.11. The molecule has 0 fully saturated rings. The number of rotatable bonds is 4. The van der Waals surface area contributed by atoms with Crippen LogP contribution in [0.3, 0.4) is 0 Å². The fraction of sp³-hybridized carbons (Fsp3) is 0.300. The van der Waals surface area contributed by atoms with E-state index in [0.29, 0.717) is 0 Å². The molecule has 1 rings (SSSR count). The smallest absolute Gasteiger partial charge is 0.309 e. The fourth-order valence-corrected chi connectivity index (χ4v) is 1.34. The maximum Gasteiger partial charge on any atom is 0.309 e. The van der Waals surface area contributed by atoms with Crippen molar-refractivity contribution in [2.75, 3.05) is 0 Å². The number of aromatic nitrogens is 1. The third-order valence-corrected chi connectivity index (χ3v) is 2.08. The molecule has 17 heavy (non-hydrogen) atoms. The van der Waals surface area contributed by atoms with Gasteiger partial charge in [-0.05, 0) is 11.6 Å². The number of nitrogens with zero attached hydrogens (tertiary/aromatic N) is 2. The molecule has 3 N–H and O–H groups in total. The van der Waals surface area contributed by atoms with E-state index in [-0.39, 0.29) is 23.4 Å². The number of aliphatic carboxylic acids is 1. The number of pyridine rings is 1. The Morgan fingerprint density at radius 1 is 1.65 bits per heavy atom. The van der Waals surface area contributed by atoms with Gasteiger partial charge in [0.15, 0.2) is 0 Å². The molecule has 0 aromatic carbocycles. The molecule has 0 saturated heterocycles. The van der Waals surface area contributed by atoms with Crippen LogP contribution in [-0.4, -0.2) is 16.1 Å². The number of carboxylic acids is 1. The largest absolute Gasteiger partial charge is 0.481 e. The second-order valence-electron chi connectivity index (χ2n) is 3.21. The lowest BCUT2D eigenvalue weighted by Gasteiger charge is -2.09. The van der Waals surface area contributed by atoms with Crippen molar-refractivity contribution >= 4 is 5.97 Å². The van der Waals surface area contributed by atoms with Gasteiger partial charge in [0.1, 0.15) is 11.8 Å². The molecule has 1 aromatic rings. The Bertz CT molecular complexity index is 483. The predicted octanol–water partition coefficient (Wildman–Crippen LogP) is 0.977. The number of nitriles is 1. The number of carboxylic acid groups (broad SMARTS) is 1. The summed E-state index contributed by atoms with van der Waals surface area (Å²) in [7, 11) is 0. The van der Waals surface area contributed by atoms with E-state index in [1.807, 2.05) is 0 Å². The molecule has 0 radical (unpaired) electrons. The van der Waals surface area contributed by atoms with E-state index in [4.69, 9.17) is 16.1 Å². The van der Waals surface area contributed by atoms with E-state index >= 15 is 0 Å². The van der Waals surface area contributed by atoms with Crippen LogP contribution >= 0.6 is 0 Å². The number of alkyl halides is 2. The number of hydrogen-bond acceptors (Lipinski definition) is 4. The number of halogens is 2. The summed E-state index contributed by atoms with van der Waals surface area (Å²) in [5, 5.41) is 17.4. The van der Waals surface area contributed by atoms with Crippen LogP contribution in [0, 0.1) is 11.3 Å². The van der Waals surface area contributed by atoms with Crippen molar-refractivity contribution in [1.29, 1.82) is 5.26 Å². The van der Waals surface area contributed by atoms with E-state index in [1.54, 1.807) is 6.07 Å². The maximum absolute atomic E-state index is 12.6. The molecule has 0 spiro atoms. The highest BCUT2D eigenvalue weighted by atomic mass is 19.3. The van der Waals surface area contributed by atoms with Crippen molar-refractivity contribution in [3.63, 3.8) is 0 Å². The van der Waals surface area contributed by atoms with Crippen molar-refractivity contribution in [2.24, 2.45) is 5.73 Å². The summed E-state index contributed by atoms with van der Waals surface area (Å²) < 4.78 is 25.2. The van der Waals surface area contributed by atoms with Gasteiger partial charge in [-0.25, -0.2) is 13.8 Å². The Hall–Kier alpha value is -2.07. The van der Waals surface area contributed by atoms with E-state index in [2.05, 4.69) is 4.98 Å². The molecule has 90 valence electrons. The maximum atomic E-state index is 12.6. The Morgan fingerprint density at radius 3 is 2.71 bits per heavy atom. The predicted molar refractivity (Wildman–Crippen MR) is 53.1 cm³/mol. The van der Waals surface area contributed by atoms with Crippen molar-refractivity contribution in [3.8, 4) is 6.07 Å². The first-order chi connectivity index (χ1) is 7.99. The van der Waals surface area contributed by atoms with Gasteiger partial charge in [0, 0.05) is 6.54 Å². The average Bonchev–Trinajstić information content (AvgIpc) is 2.27. The highest BCUT2D eigenvalue weighted by Gasteiger charge is 2.19. The van der Waals surface area contributed by atoms with Gasteiger partial charge in [0.2, 0.25) is 0 Å². The van der Waals surface area contributed by atoms with Crippen LogP contribution < -0.4 is 5.73 Å². The summed E-state index contributed by atoms with van der Waals surface area (Å²) in [5.41, 5.74) is 4.53. The zero-order valence-electron chi connectivity index (χ0n) is 8.65. The van der Waals surface area contributed by atoms with Gasteiger partial charge in [-0.1, -0.05) is 0 Å². The van der Waals surface area contributed by atoms with Crippen LogP contribution in [0.1, 0.15) is 28.9 Å². The molecule has 7 heteroatoms. The highest BCUT2D eigenvalue weighted by molar-refractivity contribution is 5.70. The topological polar surface area (TPSA) is 100 Å². The van der Waals surface area contributed by atoms with Crippen molar-refractivity contribution in [2.45, 2.75) is 19.4 Å². The zero-order chi connectivity index (χ0) is 13.0. The van der Waals surface area contributed by atoms with Gasteiger partial charge in [0.05, 0.1) is 17.7 Å². The van der Waals surface area contributed by atoms with E-state index < -0.39 is 24.5 Å². The molecule has 0 saturated carbocycles. The second kappa shape index (κ2) is 5.32. The Kier molecular flexibility index (Phi) is 4.06.